The molecule has 1 aliphatic heterocycles. The minimum Gasteiger partial charge on any atom is -0.459 e. The Labute approximate surface area is 301 Å². The lowest BCUT2D eigenvalue weighted by Gasteiger charge is -2.36. The van der Waals surface area contributed by atoms with Gasteiger partial charge in [-0.25, -0.2) is 19.6 Å². The number of nitro benzene ring substituents is 2. The van der Waals surface area contributed by atoms with Gasteiger partial charge in [-0.3, -0.25) is 39.4 Å². The van der Waals surface area contributed by atoms with Crippen LogP contribution < -0.4 is 10.6 Å². The van der Waals surface area contributed by atoms with Crippen LogP contribution in [0.15, 0.2) is 59.1 Å². The van der Waals surface area contributed by atoms with Gasteiger partial charge in [-0.05, 0) is 49.2 Å². The van der Waals surface area contributed by atoms with Crippen LogP contribution in [0.4, 0.5) is 16.5 Å². The lowest BCUT2D eigenvalue weighted by Crippen LogP contribution is -2.64. The van der Waals surface area contributed by atoms with Crippen molar-refractivity contribution in [1.82, 2.24) is 15.4 Å². The number of nitro groups is 2. The third-order valence-corrected chi connectivity index (χ3v) is 7.79. The first-order valence-electron chi connectivity index (χ1n) is 14.8. The van der Waals surface area contributed by atoms with Crippen molar-refractivity contribution in [2.75, 3.05) is 24.3 Å². The Balaban J connectivity index is 1.35. The number of nitrogens with zero attached hydrogens (tertiary/aromatic N) is 5. The van der Waals surface area contributed by atoms with Crippen LogP contribution in [0.2, 0.25) is 0 Å². The second-order valence-electron chi connectivity index (χ2n) is 11.0. The van der Waals surface area contributed by atoms with Gasteiger partial charge in [0.05, 0.1) is 16.4 Å². The molecule has 1 fully saturated rings. The van der Waals surface area contributed by atoms with E-state index in [1.807, 2.05) is 0 Å². The predicted octanol–water partition coefficient (Wildman–Crippen LogP) is 2.38. The number of carbonyl (C=O) groups excluding carboxylic acids is 5. The number of alkyl halides is 1. The number of esters is 2. The summed E-state index contributed by atoms with van der Waals surface area (Å²) in [5, 5.41) is 32.6. The summed E-state index contributed by atoms with van der Waals surface area (Å²) in [4.78, 5) is 97.9. The zero-order chi connectivity index (χ0) is 38.0. The maximum absolute atomic E-state index is 13.4. The summed E-state index contributed by atoms with van der Waals surface area (Å²) in [5.41, 5.74) is -1.69. The van der Waals surface area contributed by atoms with Crippen molar-refractivity contribution in [3.63, 3.8) is 0 Å². The van der Waals surface area contributed by atoms with E-state index in [-0.39, 0.29) is 47.8 Å². The summed E-state index contributed by atoms with van der Waals surface area (Å²) >= 11 is 6.45. The fraction of sp³-hybridized carbons (Fsp3) is 0.300. The Morgan fingerprint density at radius 2 is 1.58 bits per heavy atom. The molecule has 274 valence electrons. The smallest absolute Gasteiger partial charge is 0.353 e. The van der Waals surface area contributed by atoms with Gasteiger partial charge in [0.1, 0.15) is 30.8 Å². The molecule has 0 spiro atoms. The molecule has 0 radical (unpaired) electrons. The van der Waals surface area contributed by atoms with E-state index in [0.29, 0.717) is 11.1 Å². The van der Waals surface area contributed by atoms with Crippen LogP contribution >= 0.6 is 22.9 Å². The van der Waals surface area contributed by atoms with Gasteiger partial charge >= 0.3 is 11.9 Å². The van der Waals surface area contributed by atoms with Crippen molar-refractivity contribution < 1.29 is 53.0 Å². The minimum atomic E-state index is -1.78. The number of rotatable bonds is 17. The molecule has 52 heavy (non-hydrogen) atoms. The first-order valence-corrected chi connectivity index (χ1v) is 16.2. The van der Waals surface area contributed by atoms with Crippen LogP contribution in [-0.4, -0.2) is 85.9 Å². The molecule has 3 amide bonds. The lowest BCUT2D eigenvalue weighted by atomic mass is 10.1. The molecule has 0 unspecified atom stereocenters. The molecular formula is C30H28ClN7O13S. The van der Waals surface area contributed by atoms with Crippen LogP contribution in [0.25, 0.3) is 0 Å². The number of oxime groups is 1. The molecule has 3 aromatic rings. The zero-order valence-corrected chi connectivity index (χ0v) is 28.7. The number of hydrogen-bond donors (Lipinski definition) is 2. The van der Waals surface area contributed by atoms with Crippen molar-refractivity contribution in [2.24, 2.45) is 5.16 Å². The van der Waals surface area contributed by atoms with Crippen molar-refractivity contribution >= 4 is 74.8 Å². The summed E-state index contributed by atoms with van der Waals surface area (Å²) in [6, 6.07) is 9.53. The second kappa shape index (κ2) is 17.2. The monoisotopic (exact) mass is 761 g/mol. The van der Waals surface area contributed by atoms with Crippen LogP contribution in [0.3, 0.4) is 0 Å². The maximum atomic E-state index is 13.4. The van der Waals surface area contributed by atoms with Gasteiger partial charge in [-0.2, -0.15) is 0 Å². The normalized spacial score (nSPS) is 14.1. The number of aromatic nitrogens is 1. The Morgan fingerprint density at radius 1 is 1.00 bits per heavy atom. The topological polar surface area (TPSA) is 261 Å². The van der Waals surface area contributed by atoms with E-state index in [1.54, 1.807) is 0 Å². The molecular weight excluding hydrogens is 734 g/mol. The molecule has 0 aliphatic carbocycles. The fourth-order valence-electron chi connectivity index (χ4n) is 3.93. The van der Waals surface area contributed by atoms with Gasteiger partial charge < -0.3 is 24.9 Å². The van der Waals surface area contributed by atoms with Crippen molar-refractivity contribution in [1.29, 1.82) is 0 Å². The maximum Gasteiger partial charge on any atom is 0.353 e. The average Bonchev–Trinajstić information content (AvgIpc) is 3.58. The Morgan fingerprint density at radius 3 is 2.12 bits per heavy atom. The molecule has 1 atom stereocenters. The quantitative estimate of drug-likeness (QED) is 0.0500. The number of nitrogens with one attached hydrogen (secondary N) is 2. The molecule has 2 heterocycles. The van der Waals surface area contributed by atoms with E-state index in [2.05, 4.69) is 20.8 Å². The van der Waals surface area contributed by atoms with E-state index in [9.17, 15) is 44.2 Å². The Kier molecular flexibility index (Phi) is 12.8. The molecule has 1 aliphatic rings. The molecule has 4 rings (SSSR count). The molecule has 0 bridgehead atoms. The van der Waals surface area contributed by atoms with Crippen LogP contribution in [0.5, 0.6) is 0 Å². The summed E-state index contributed by atoms with van der Waals surface area (Å²) in [7, 11) is 0. The number of ether oxygens (including phenoxy) is 2. The standard InChI is InChI=1S/C30H28ClN7O13S/c1-30(2,28(43)49-14-18-5-9-20(10-6-18)38(46)47)51-35-25(22-16-52-29(33-22)34-23(39)11-31)26(41)32-21-12-36(27(21)42)50-15-24(40)48-13-17-3-7-19(8-4-17)37(44)45/h3-10,16,21H,11-15H2,1-2H3,(H,32,41)(H,33,34,39)/t21-/m0/s1. The van der Waals surface area contributed by atoms with Gasteiger partial charge in [0, 0.05) is 29.6 Å². The third-order valence-electron chi connectivity index (χ3n) is 6.79. The molecule has 22 heteroatoms. The summed E-state index contributed by atoms with van der Waals surface area (Å²) in [6.07, 6.45) is 0. The number of non-ortho nitro benzene ring substituents is 2. The number of halogens is 1. The largest absolute Gasteiger partial charge is 0.459 e. The number of hydrogen-bond acceptors (Lipinski definition) is 16. The average molecular weight is 762 g/mol. The number of anilines is 1. The lowest BCUT2D eigenvalue weighted by molar-refractivity contribution is -0.385. The van der Waals surface area contributed by atoms with Gasteiger partial charge in [-0.1, -0.05) is 5.16 Å². The zero-order valence-electron chi connectivity index (χ0n) is 27.1. The molecule has 20 nitrogen and oxygen atoms in total. The summed E-state index contributed by atoms with van der Waals surface area (Å²) in [5.74, 6) is -4.36. The van der Waals surface area contributed by atoms with E-state index in [1.165, 1.54) is 67.8 Å². The highest BCUT2D eigenvalue weighted by molar-refractivity contribution is 7.14. The first-order chi connectivity index (χ1) is 24.7. The fourth-order valence-corrected chi connectivity index (χ4v) is 4.70. The van der Waals surface area contributed by atoms with E-state index in [4.69, 9.17) is 30.7 Å². The Hall–Kier alpha value is -6.06. The first kappa shape index (κ1) is 38.7. The van der Waals surface area contributed by atoms with E-state index < -0.39 is 63.5 Å². The van der Waals surface area contributed by atoms with Crippen LogP contribution in [0, 0.1) is 20.2 Å². The molecule has 1 saturated heterocycles. The van der Waals surface area contributed by atoms with Gasteiger partial charge in [0.25, 0.3) is 23.2 Å². The molecule has 2 N–H and O–H groups in total. The highest BCUT2D eigenvalue weighted by atomic mass is 35.5. The molecule has 1 aromatic heterocycles. The van der Waals surface area contributed by atoms with Crippen molar-refractivity contribution in [2.45, 2.75) is 38.7 Å². The van der Waals surface area contributed by atoms with Crippen molar-refractivity contribution in [3.8, 4) is 0 Å². The highest BCUT2D eigenvalue weighted by Gasteiger charge is 2.41. The number of hydroxylamine groups is 2. The van der Waals surface area contributed by atoms with Crippen LogP contribution in [0.1, 0.15) is 30.7 Å². The molecule has 0 saturated carbocycles. The van der Waals surface area contributed by atoms with Crippen LogP contribution in [-0.2, 0) is 56.3 Å². The minimum absolute atomic E-state index is 0.0580. The number of β-lactam (4-membered cyclic amide) rings is 1. The summed E-state index contributed by atoms with van der Waals surface area (Å²) < 4.78 is 10.3. The predicted molar refractivity (Wildman–Crippen MR) is 179 cm³/mol. The van der Waals surface area contributed by atoms with Crippen molar-refractivity contribution in [3.05, 3.63) is 91.0 Å². The number of carbonyl (C=O) groups is 5. The van der Waals surface area contributed by atoms with Gasteiger partial charge in [0.15, 0.2) is 17.5 Å². The van der Waals surface area contributed by atoms with E-state index in [0.717, 1.165) is 16.4 Å². The van der Waals surface area contributed by atoms with Gasteiger partial charge in [-0.15, -0.1) is 22.9 Å². The SMILES string of the molecule is CC(C)(ON=C(C(=O)N[C@H]1CN(OCC(=O)OCc2ccc([N+](=O)[O-])cc2)C1=O)c1csc(NC(=O)CCl)n1)C(=O)OCc1ccc([N+](=O)[O-])cc1. The van der Waals surface area contributed by atoms with E-state index >= 15 is 0 Å². The number of amides is 3. The summed E-state index contributed by atoms with van der Waals surface area (Å²) in [6.45, 7) is 1.33. The number of benzene rings is 2. The third kappa shape index (κ3) is 10.5. The Bertz CT molecular complexity index is 1880. The highest BCUT2D eigenvalue weighted by Crippen LogP contribution is 2.21. The van der Waals surface area contributed by atoms with Gasteiger partial charge in [0.2, 0.25) is 11.5 Å². The second-order valence-corrected chi connectivity index (χ2v) is 12.2. The number of thiazole rings is 1. The molecule has 2 aromatic carbocycles.